The average Bonchev–Trinajstić information content (AvgIpc) is 3.14. The van der Waals surface area contributed by atoms with Crippen LogP contribution in [-0.4, -0.2) is 27.6 Å². The fourth-order valence-corrected chi connectivity index (χ4v) is 4.00. The minimum absolute atomic E-state index is 0.217. The molecule has 0 amide bonds. The van der Waals surface area contributed by atoms with Crippen LogP contribution in [0.1, 0.15) is 20.9 Å². The van der Waals surface area contributed by atoms with E-state index in [1.807, 2.05) is 51.2 Å². The molecule has 0 aliphatic carbocycles. The fraction of sp³-hybridized carbons (Fsp3) is 0.211. The largest absolute Gasteiger partial charge is 0.465 e. The number of thiophene rings is 1. The van der Waals surface area contributed by atoms with Crippen LogP contribution in [0, 0.1) is 13.8 Å². The summed E-state index contributed by atoms with van der Waals surface area (Å²) in [4.78, 5) is 25.8. The molecule has 0 atom stereocenters. The van der Waals surface area contributed by atoms with Crippen LogP contribution in [0.3, 0.4) is 0 Å². The minimum atomic E-state index is -0.447. The summed E-state index contributed by atoms with van der Waals surface area (Å²) in [6.07, 6.45) is 0. The number of anilines is 2. The molecule has 0 bridgehead atoms. The van der Waals surface area contributed by atoms with Crippen molar-refractivity contribution in [3.63, 3.8) is 0 Å². The van der Waals surface area contributed by atoms with Gasteiger partial charge < -0.3 is 15.4 Å². The van der Waals surface area contributed by atoms with E-state index >= 15 is 0 Å². The van der Waals surface area contributed by atoms with E-state index in [0.717, 1.165) is 16.3 Å². The molecule has 2 aromatic heterocycles. The third kappa shape index (κ3) is 3.71. The molecule has 2 heterocycles. The Morgan fingerprint density at radius 2 is 1.86 bits per heavy atom. The maximum atomic E-state index is 12.9. The van der Waals surface area contributed by atoms with Crippen LogP contribution in [0.15, 0.2) is 41.2 Å². The van der Waals surface area contributed by atoms with Crippen molar-refractivity contribution >= 4 is 45.3 Å². The quantitative estimate of drug-likeness (QED) is 0.501. The molecular weight excluding hydrogens is 396 g/mol. The van der Waals surface area contributed by atoms with Crippen molar-refractivity contribution in [1.82, 2.24) is 9.36 Å². The van der Waals surface area contributed by atoms with Gasteiger partial charge in [-0.05, 0) is 44.3 Å². The van der Waals surface area contributed by atoms with Gasteiger partial charge in [0.2, 0.25) is 0 Å². The Morgan fingerprint density at radius 1 is 1.18 bits per heavy atom. The molecule has 0 radical (unpaired) electrons. The Bertz CT molecular complexity index is 1100. The third-order valence-corrected chi connectivity index (χ3v) is 5.45. The molecule has 28 heavy (non-hydrogen) atoms. The van der Waals surface area contributed by atoms with Crippen LogP contribution in [0.25, 0.3) is 5.69 Å². The molecule has 0 aliphatic rings. The normalized spacial score (nSPS) is 10.6. The number of nitrogens with zero attached hydrogens (tertiary/aromatic N) is 2. The summed E-state index contributed by atoms with van der Waals surface area (Å²) < 4.78 is 8.13. The van der Waals surface area contributed by atoms with Gasteiger partial charge in [-0.1, -0.05) is 18.2 Å². The number of thiocarbonyl (C=S) groups is 1. The first kappa shape index (κ1) is 19.8. The Labute approximate surface area is 171 Å². The molecule has 0 saturated heterocycles. The van der Waals surface area contributed by atoms with E-state index in [9.17, 15) is 9.59 Å². The second kappa shape index (κ2) is 7.99. The second-order valence-electron chi connectivity index (χ2n) is 6.11. The summed E-state index contributed by atoms with van der Waals surface area (Å²) in [6.45, 7) is 3.72. The van der Waals surface area contributed by atoms with Crippen LogP contribution >= 0.6 is 23.6 Å². The molecule has 0 spiro atoms. The van der Waals surface area contributed by atoms with Crippen molar-refractivity contribution in [2.45, 2.75) is 13.8 Å². The lowest BCUT2D eigenvalue weighted by molar-refractivity contribution is 0.0602. The fourth-order valence-electron chi connectivity index (χ4n) is 2.83. The lowest BCUT2D eigenvalue weighted by Crippen LogP contribution is -2.25. The molecule has 0 unspecified atom stereocenters. The zero-order chi connectivity index (χ0) is 20.4. The Morgan fingerprint density at radius 3 is 2.50 bits per heavy atom. The number of nitrogens with one attached hydrogen (secondary N) is 2. The van der Waals surface area contributed by atoms with Crippen LogP contribution in [0.5, 0.6) is 0 Å². The van der Waals surface area contributed by atoms with E-state index in [-0.39, 0.29) is 10.7 Å². The molecule has 3 aromatic rings. The highest BCUT2D eigenvalue weighted by atomic mass is 32.1. The first-order valence-corrected chi connectivity index (χ1v) is 9.66. The predicted octanol–water partition coefficient (Wildman–Crippen LogP) is 3.45. The van der Waals surface area contributed by atoms with E-state index in [0.29, 0.717) is 16.3 Å². The summed E-state index contributed by atoms with van der Waals surface area (Å²) in [7, 11) is 3.14. The van der Waals surface area contributed by atoms with Gasteiger partial charge in [-0.25, -0.2) is 9.48 Å². The number of ether oxygens (including phenoxy) is 1. The first-order valence-electron chi connectivity index (χ1n) is 8.44. The molecule has 7 nitrogen and oxygen atoms in total. The van der Waals surface area contributed by atoms with Crippen LogP contribution < -0.4 is 16.2 Å². The number of carbonyl (C=O) groups excluding carboxylic acids is 1. The van der Waals surface area contributed by atoms with E-state index < -0.39 is 5.97 Å². The average molecular weight is 417 g/mol. The smallest absolute Gasteiger partial charge is 0.340 e. The highest BCUT2D eigenvalue weighted by Gasteiger charge is 2.19. The number of rotatable bonds is 4. The molecular formula is C19H20N4O3S2. The predicted molar refractivity (Wildman–Crippen MR) is 116 cm³/mol. The first-order chi connectivity index (χ1) is 13.3. The number of benzene rings is 1. The molecule has 3 rings (SSSR count). The zero-order valence-corrected chi connectivity index (χ0v) is 17.5. The van der Waals surface area contributed by atoms with Gasteiger partial charge in [-0.2, -0.15) is 0 Å². The molecule has 146 valence electrons. The topological polar surface area (TPSA) is 77.3 Å². The Balaban J connectivity index is 1.88. The van der Waals surface area contributed by atoms with Gasteiger partial charge in [0.25, 0.3) is 5.56 Å². The molecule has 1 aromatic carbocycles. The summed E-state index contributed by atoms with van der Waals surface area (Å²) in [5, 5.41) is 6.76. The highest BCUT2D eigenvalue weighted by molar-refractivity contribution is 7.80. The van der Waals surface area contributed by atoms with Crippen LogP contribution in [0.4, 0.5) is 10.7 Å². The Kier molecular flexibility index (Phi) is 5.66. The molecule has 0 fully saturated rings. The zero-order valence-electron chi connectivity index (χ0n) is 15.9. The van der Waals surface area contributed by atoms with Crippen molar-refractivity contribution in [3.8, 4) is 5.69 Å². The van der Waals surface area contributed by atoms with E-state index in [1.165, 1.54) is 18.4 Å². The van der Waals surface area contributed by atoms with Gasteiger partial charge in [-0.3, -0.25) is 9.48 Å². The van der Waals surface area contributed by atoms with Gasteiger partial charge in [-0.15, -0.1) is 11.3 Å². The standard InChI is InChI=1S/C19H20N4O3S2/c1-11-10-14(18(25)26-4)16(28-11)21-19(27)20-15-12(2)22(3)23(17(15)24)13-8-6-5-7-9-13/h5-10H,1-4H3,(H2,20,21,27). The van der Waals surface area contributed by atoms with E-state index in [1.54, 1.807) is 15.4 Å². The van der Waals surface area contributed by atoms with Gasteiger partial charge in [0.1, 0.15) is 10.7 Å². The number of aromatic nitrogens is 2. The van der Waals surface area contributed by atoms with Crippen molar-refractivity contribution in [2.75, 3.05) is 17.7 Å². The lowest BCUT2D eigenvalue weighted by atomic mass is 10.3. The minimum Gasteiger partial charge on any atom is -0.465 e. The van der Waals surface area contributed by atoms with Gasteiger partial charge >= 0.3 is 5.97 Å². The SMILES string of the molecule is COC(=O)c1cc(C)sc1NC(=S)Nc1c(C)n(C)n(-c2ccccc2)c1=O. The molecule has 0 aliphatic heterocycles. The maximum Gasteiger partial charge on any atom is 0.340 e. The van der Waals surface area contributed by atoms with E-state index in [4.69, 9.17) is 17.0 Å². The number of para-hydroxylation sites is 1. The second-order valence-corrected chi connectivity index (χ2v) is 7.77. The summed E-state index contributed by atoms with van der Waals surface area (Å²) in [5.41, 5.74) is 2.05. The number of aryl methyl sites for hydroxylation is 1. The van der Waals surface area contributed by atoms with E-state index in [2.05, 4.69) is 10.6 Å². The Hall–Kier alpha value is -2.91. The lowest BCUT2D eigenvalue weighted by Gasteiger charge is -2.09. The number of hydrogen-bond donors (Lipinski definition) is 2. The van der Waals surface area contributed by atoms with Gasteiger partial charge in [0.05, 0.1) is 24.1 Å². The van der Waals surface area contributed by atoms with Crippen LogP contribution in [-0.2, 0) is 11.8 Å². The number of esters is 1. The monoisotopic (exact) mass is 416 g/mol. The van der Waals surface area contributed by atoms with Crippen LogP contribution in [0.2, 0.25) is 0 Å². The molecule has 9 heteroatoms. The number of carbonyl (C=O) groups is 1. The summed E-state index contributed by atoms with van der Waals surface area (Å²) in [6, 6.07) is 11.1. The van der Waals surface area contributed by atoms with Crippen molar-refractivity contribution in [1.29, 1.82) is 0 Å². The maximum absolute atomic E-state index is 12.9. The van der Waals surface area contributed by atoms with Crippen molar-refractivity contribution in [2.24, 2.45) is 7.05 Å². The number of methoxy groups -OCH3 is 1. The summed E-state index contributed by atoms with van der Waals surface area (Å²) >= 11 is 6.76. The number of hydrogen-bond acceptors (Lipinski definition) is 5. The third-order valence-electron chi connectivity index (χ3n) is 4.28. The molecule has 2 N–H and O–H groups in total. The van der Waals surface area contributed by atoms with Gasteiger partial charge in [0.15, 0.2) is 5.11 Å². The van der Waals surface area contributed by atoms with Gasteiger partial charge in [0, 0.05) is 11.9 Å². The highest BCUT2D eigenvalue weighted by Crippen LogP contribution is 2.28. The summed E-state index contributed by atoms with van der Waals surface area (Å²) in [5.74, 6) is -0.447. The van der Waals surface area contributed by atoms with Crippen molar-refractivity contribution in [3.05, 3.63) is 62.9 Å². The molecule has 0 saturated carbocycles. The van der Waals surface area contributed by atoms with Crippen molar-refractivity contribution < 1.29 is 9.53 Å².